The molecule has 0 aliphatic carbocycles. The molecular weight excluding hydrogens is 480 g/mol. The quantitative estimate of drug-likeness (QED) is 0.400. The molecule has 0 aromatic heterocycles. The zero-order chi connectivity index (χ0) is 26.0. The molecule has 0 radical (unpaired) electrons. The Morgan fingerprint density at radius 3 is 2.25 bits per heavy atom. The monoisotopic (exact) mass is 516 g/mol. The SMILES string of the molecule is CCS[C@@H]1O[C@H](COCc2ccccc2)[C@@H](OC(=O)CCC(C)=O)[C@H](OC)[C@]1(O)Cc1ccccc1. The third-order valence-electron chi connectivity index (χ3n) is 6.11. The van der Waals surface area contributed by atoms with Gasteiger partial charge in [-0.25, -0.2) is 0 Å². The molecule has 2 aromatic carbocycles. The lowest BCUT2D eigenvalue weighted by Crippen LogP contribution is -2.68. The van der Waals surface area contributed by atoms with Crippen molar-refractivity contribution in [3.8, 4) is 0 Å². The van der Waals surface area contributed by atoms with Gasteiger partial charge in [0.25, 0.3) is 0 Å². The van der Waals surface area contributed by atoms with Gasteiger partial charge in [-0.2, -0.15) is 0 Å². The summed E-state index contributed by atoms with van der Waals surface area (Å²) in [4.78, 5) is 24.1. The van der Waals surface area contributed by atoms with Crippen molar-refractivity contribution < 1.29 is 33.6 Å². The molecule has 0 saturated carbocycles. The van der Waals surface area contributed by atoms with E-state index in [0.717, 1.165) is 11.1 Å². The van der Waals surface area contributed by atoms with E-state index in [1.807, 2.05) is 67.6 Å². The first-order valence-electron chi connectivity index (χ1n) is 12.2. The van der Waals surface area contributed by atoms with Crippen LogP contribution in [0, 0.1) is 0 Å². The Kier molecular flexibility index (Phi) is 10.9. The second-order valence-corrected chi connectivity index (χ2v) is 10.3. The number of ether oxygens (including phenoxy) is 4. The molecule has 7 nitrogen and oxygen atoms in total. The zero-order valence-electron chi connectivity index (χ0n) is 21.1. The van der Waals surface area contributed by atoms with E-state index in [1.165, 1.54) is 25.8 Å². The Morgan fingerprint density at radius 1 is 1.03 bits per heavy atom. The standard InChI is InChI=1S/C28H36O7S/c1-4-36-27-28(31,17-21-11-7-5-8-12-21)26(32-3)25(35-24(30)16-15-20(2)29)23(34-27)19-33-18-22-13-9-6-10-14-22/h5-14,23,25-27,31H,4,15-19H2,1-3H3/t23-,25-,26+,27+,28-/m1/s1. The van der Waals surface area contributed by atoms with E-state index in [1.54, 1.807) is 0 Å². The molecular formula is C28H36O7S. The summed E-state index contributed by atoms with van der Waals surface area (Å²) in [6, 6.07) is 19.3. The molecule has 36 heavy (non-hydrogen) atoms. The van der Waals surface area contributed by atoms with Crippen molar-refractivity contribution in [3.05, 3.63) is 71.8 Å². The minimum atomic E-state index is -1.47. The summed E-state index contributed by atoms with van der Waals surface area (Å²) < 4.78 is 24.0. The Bertz CT molecular complexity index is 955. The van der Waals surface area contributed by atoms with E-state index in [4.69, 9.17) is 18.9 Å². The van der Waals surface area contributed by atoms with Crippen molar-refractivity contribution in [1.29, 1.82) is 0 Å². The van der Waals surface area contributed by atoms with Gasteiger partial charge in [-0.1, -0.05) is 67.6 Å². The van der Waals surface area contributed by atoms with Crippen LogP contribution in [-0.4, -0.2) is 65.7 Å². The van der Waals surface area contributed by atoms with Crippen molar-refractivity contribution in [2.45, 2.75) is 69.1 Å². The molecule has 1 fully saturated rings. The van der Waals surface area contributed by atoms with Crippen molar-refractivity contribution in [3.63, 3.8) is 0 Å². The average molecular weight is 517 g/mol. The summed E-state index contributed by atoms with van der Waals surface area (Å²) in [6.45, 7) is 3.93. The van der Waals surface area contributed by atoms with E-state index in [2.05, 4.69) is 0 Å². The lowest BCUT2D eigenvalue weighted by atomic mass is 9.82. The van der Waals surface area contributed by atoms with E-state index < -0.39 is 35.3 Å². The van der Waals surface area contributed by atoms with Gasteiger partial charge in [0.05, 0.1) is 19.6 Å². The van der Waals surface area contributed by atoms with Gasteiger partial charge in [0.1, 0.15) is 29.0 Å². The predicted octanol–water partition coefficient (Wildman–Crippen LogP) is 3.95. The second kappa shape index (κ2) is 13.9. The number of esters is 1. The van der Waals surface area contributed by atoms with Crippen molar-refractivity contribution in [2.75, 3.05) is 19.5 Å². The third-order valence-corrected chi connectivity index (χ3v) is 7.26. The van der Waals surface area contributed by atoms with E-state index in [0.29, 0.717) is 12.4 Å². The fourth-order valence-electron chi connectivity index (χ4n) is 4.38. The van der Waals surface area contributed by atoms with Gasteiger partial charge in [-0.3, -0.25) is 4.79 Å². The number of ketones is 1. The number of rotatable bonds is 13. The molecule has 0 spiro atoms. The molecule has 1 heterocycles. The van der Waals surface area contributed by atoms with Gasteiger partial charge in [0.15, 0.2) is 6.10 Å². The summed E-state index contributed by atoms with van der Waals surface area (Å²) in [5, 5.41) is 12.0. The average Bonchev–Trinajstić information content (AvgIpc) is 2.87. The summed E-state index contributed by atoms with van der Waals surface area (Å²) in [6.07, 6.45) is -2.18. The number of benzene rings is 2. The second-order valence-electron chi connectivity index (χ2n) is 8.93. The number of hydrogen-bond donors (Lipinski definition) is 1. The molecule has 1 saturated heterocycles. The highest BCUT2D eigenvalue weighted by Crippen LogP contribution is 2.41. The molecule has 5 atom stereocenters. The molecule has 2 aromatic rings. The first-order valence-corrected chi connectivity index (χ1v) is 13.3. The number of thioether (sulfide) groups is 1. The Hall–Kier alpha value is -2.23. The maximum Gasteiger partial charge on any atom is 0.306 e. The topological polar surface area (TPSA) is 91.3 Å². The number of aliphatic hydroxyl groups is 1. The molecule has 0 unspecified atom stereocenters. The highest BCUT2D eigenvalue weighted by molar-refractivity contribution is 7.99. The first kappa shape index (κ1) is 28.3. The fourth-order valence-corrected chi connectivity index (χ4v) is 5.41. The largest absolute Gasteiger partial charge is 0.457 e. The van der Waals surface area contributed by atoms with Crippen LogP contribution in [0.2, 0.25) is 0 Å². The van der Waals surface area contributed by atoms with Gasteiger partial charge in [-0.15, -0.1) is 11.8 Å². The van der Waals surface area contributed by atoms with Crippen LogP contribution in [0.15, 0.2) is 60.7 Å². The number of carbonyl (C=O) groups is 2. The van der Waals surface area contributed by atoms with E-state index in [-0.39, 0.29) is 31.7 Å². The van der Waals surface area contributed by atoms with Gasteiger partial charge < -0.3 is 28.8 Å². The van der Waals surface area contributed by atoms with Crippen LogP contribution in [-0.2, 0) is 41.6 Å². The van der Waals surface area contributed by atoms with Gasteiger partial charge in [0, 0.05) is 20.0 Å². The Balaban J connectivity index is 1.86. The van der Waals surface area contributed by atoms with Crippen LogP contribution in [0.4, 0.5) is 0 Å². The molecule has 0 amide bonds. The van der Waals surface area contributed by atoms with Crippen LogP contribution in [0.25, 0.3) is 0 Å². The van der Waals surface area contributed by atoms with Gasteiger partial charge in [0.2, 0.25) is 0 Å². The Labute approximate surface area is 217 Å². The highest BCUT2D eigenvalue weighted by Gasteiger charge is 2.57. The molecule has 0 bridgehead atoms. The van der Waals surface area contributed by atoms with Gasteiger partial charge >= 0.3 is 5.97 Å². The minimum Gasteiger partial charge on any atom is -0.457 e. The predicted molar refractivity (Wildman–Crippen MR) is 139 cm³/mol. The molecule has 1 aliphatic heterocycles. The maximum absolute atomic E-state index is 12.7. The fraction of sp³-hybridized carbons (Fsp3) is 0.500. The van der Waals surface area contributed by atoms with Crippen LogP contribution < -0.4 is 0 Å². The van der Waals surface area contributed by atoms with Crippen molar-refractivity contribution >= 4 is 23.5 Å². The van der Waals surface area contributed by atoms with E-state index >= 15 is 0 Å². The smallest absolute Gasteiger partial charge is 0.306 e. The number of Topliss-reactive ketones (excluding diaryl/α,β-unsaturated/α-hetero) is 1. The lowest BCUT2D eigenvalue weighted by Gasteiger charge is -2.50. The maximum atomic E-state index is 12.7. The van der Waals surface area contributed by atoms with Crippen LogP contribution in [0.5, 0.6) is 0 Å². The highest BCUT2D eigenvalue weighted by atomic mass is 32.2. The summed E-state index contributed by atoms with van der Waals surface area (Å²) in [5.74, 6) is 0.0641. The molecule has 3 rings (SSSR count). The summed E-state index contributed by atoms with van der Waals surface area (Å²) in [7, 11) is 1.50. The number of carbonyl (C=O) groups excluding carboxylic acids is 2. The summed E-state index contributed by atoms with van der Waals surface area (Å²) in [5.41, 5.74) is -0.192. The number of hydrogen-bond acceptors (Lipinski definition) is 8. The van der Waals surface area contributed by atoms with Crippen LogP contribution in [0.3, 0.4) is 0 Å². The van der Waals surface area contributed by atoms with E-state index in [9.17, 15) is 14.7 Å². The zero-order valence-corrected chi connectivity index (χ0v) is 21.9. The first-order chi connectivity index (χ1) is 17.4. The number of methoxy groups -OCH3 is 1. The summed E-state index contributed by atoms with van der Waals surface area (Å²) >= 11 is 1.47. The molecule has 196 valence electrons. The third kappa shape index (κ3) is 7.63. The van der Waals surface area contributed by atoms with Crippen LogP contribution >= 0.6 is 11.8 Å². The Morgan fingerprint density at radius 2 is 1.67 bits per heavy atom. The molecule has 1 N–H and O–H groups in total. The van der Waals surface area contributed by atoms with Crippen molar-refractivity contribution in [1.82, 2.24) is 0 Å². The van der Waals surface area contributed by atoms with Gasteiger partial charge in [-0.05, 0) is 23.8 Å². The minimum absolute atomic E-state index is 0.0515. The van der Waals surface area contributed by atoms with Crippen molar-refractivity contribution in [2.24, 2.45) is 0 Å². The normalized spacial score (nSPS) is 25.9. The molecule has 1 aliphatic rings. The lowest BCUT2D eigenvalue weighted by molar-refractivity contribution is -0.266. The van der Waals surface area contributed by atoms with Crippen LogP contribution in [0.1, 0.15) is 37.8 Å². The molecule has 8 heteroatoms.